The smallest absolute Gasteiger partial charge is 0.263 e. The number of benzene rings is 2. The lowest BCUT2D eigenvalue weighted by Gasteiger charge is -2.25. The number of aromatic nitrogens is 1. The van der Waals surface area contributed by atoms with E-state index in [2.05, 4.69) is 0 Å². The fourth-order valence-electron chi connectivity index (χ4n) is 3.99. The standard InChI is InChI=1S/C21H17Cl4N3O2/c1-26(2)13(11-8-27(3)12-7-5-4-6-10(11)12)9-28-20(29)14-15(21(28)30)17(23)19(25)18(24)16(14)22/h4-8,13H,9H2,1-3H3/p+1/t13-/m1/s1. The van der Waals surface area contributed by atoms with Crippen LogP contribution in [0.5, 0.6) is 0 Å². The predicted octanol–water partition coefficient (Wildman–Crippen LogP) is 4.27. The summed E-state index contributed by atoms with van der Waals surface area (Å²) in [5.74, 6) is -1.04. The Hall–Kier alpha value is -1.76. The highest BCUT2D eigenvalue weighted by atomic mass is 35.5. The van der Waals surface area contributed by atoms with E-state index >= 15 is 0 Å². The number of nitrogens with zero attached hydrogens (tertiary/aromatic N) is 2. The summed E-state index contributed by atoms with van der Waals surface area (Å²) in [4.78, 5) is 28.5. The summed E-state index contributed by atoms with van der Waals surface area (Å²) >= 11 is 24.7. The molecule has 4 rings (SSSR count). The van der Waals surface area contributed by atoms with Crippen molar-refractivity contribution in [1.82, 2.24) is 9.47 Å². The molecular weight excluding hydrogens is 468 g/mol. The summed E-state index contributed by atoms with van der Waals surface area (Å²) in [6, 6.07) is 7.86. The van der Waals surface area contributed by atoms with Gasteiger partial charge in [-0.2, -0.15) is 0 Å². The van der Waals surface area contributed by atoms with Gasteiger partial charge in [0, 0.05) is 29.7 Å². The molecule has 3 aromatic rings. The van der Waals surface area contributed by atoms with E-state index in [4.69, 9.17) is 46.4 Å². The summed E-state index contributed by atoms with van der Waals surface area (Å²) in [6.07, 6.45) is 2.04. The average Bonchev–Trinajstić information content (AvgIpc) is 3.17. The summed E-state index contributed by atoms with van der Waals surface area (Å²) < 4.78 is 2.04. The lowest BCUT2D eigenvalue weighted by molar-refractivity contribution is -0.891. The van der Waals surface area contributed by atoms with Crippen molar-refractivity contribution < 1.29 is 14.5 Å². The summed E-state index contributed by atoms with van der Waals surface area (Å²) in [5, 5.41) is 0.898. The van der Waals surface area contributed by atoms with Crippen LogP contribution in [0.4, 0.5) is 0 Å². The number of para-hydroxylation sites is 1. The number of carbonyl (C=O) groups excluding carboxylic acids is 2. The maximum atomic E-state index is 13.1. The predicted molar refractivity (Wildman–Crippen MR) is 120 cm³/mol. The number of nitrogens with one attached hydrogen (secondary N) is 1. The van der Waals surface area contributed by atoms with E-state index in [-0.39, 0.29) is 43.8 Å². The molecule has 0 aliphatic carbocycles. The highest BCUT2D eigenvalue weighted by molar-refractivity contribution is 6.55. The number of quaternary nitrogens is 1. The van der Waals surface area contributed by atoms with Gasteiger partial charge < -0.3 is 9.47 Å². The van der Waals surface area contributed by atoms with Gasteiger partial charge in [0.15, 0.2) is 0 Å². The minimum absolute atomic E-state index is 0.00601. The van der Waals surface area contributed by atoms with Gasteiger partial charge in [0.05, 0.1) is 51.9 Å². The van der Waals surface area contributed by atoms with Crippen molar-refractivity contribution in [3.8, 4) is 0 Å². The van der Waals surface area contributed by atoms with Crippen LogP contribution >= 0.6 is 46.4 Å². The Kier molecular flexibility index (Phi) is 5.54. The van der Waals surface area contributed by atoms with Crippen molar-refractivity contribution in [2.45, 2.75) is 6.04 Å². The van der Waals surface area contributed by atoms with E-state index in [1.807, 2.05) is 56.2 Å². The Morgan fingerprint density at radius 2 is 1.43 bits per heavy atom. The second-order valence-corrected chi connectivity index (χ2v) is 9.08. The van der Waals surface area contributed by atoms with Crippen LogP contribution in [0.3, 0.4) is 0 Å². The molecule has 0 radical (unpaired) electrons. The van der Waals surface area contributed by atoms with Crippen LogP contribution in [-0.2, 0) is 7.05 Å². The van der Waals surface area contributed by atoms with Crippen molar-refractivity contribution >= 4 is 69.1 Å². The Balaban J connectivity index is 1.79. The van der Waals surface area contributed by atoms with Crippen LogP contribution in [-0.4, -0.2) is 41.9 Å². The minimum Gasteiger partial charge on any atom is -0.350 e. The Bertz CT molecular complexity index is 1170. The molecule has 156 valence electrons. The van der Waals surface area contributed by atoms with Gasteiger partial charge in [-0.3, -0.25) is 14.5 Å². The second kappa shape index (κ2) is 7.74. The van der Waals surface area contributed by atoms with E-state index in [0.29, 0.717) is 0 Å². The van der Waals surface area contributed by atoms with Crippen LogP contribution in [0.25, 0.3) is 10.9 Å². The quantitative estimate of drug-likeness (QED) is 0.340. The van der Waals surface area contributed by atoms with Gasteiger partial charge in [-0.25, -0.2) is 0 Å². The molecule has 0 unspecified atom stereocenters. The molecule has 1 atom stereocenters. The third-order valence-electron chi connectivity index (χ3n) is 5.55. The molecule has 2 heterocycles. The molecule has 1 aliphatic heterocycles. The number of likely N-dealkylation sites (N-methyl/N-ethyl adjacent to an activating group) is 1. The first-order chi connectivity index (χ1) is 14.1. The van der Waals surface area contributed by atoms with Crippen LogP contribution in [0.2, 0.25) is 20.1 Å². The molecule has 5 nitrogen and oxygen atoms in total. The zero-order valence-electron chi connectivity index (χ0n) is 16.4. The molecule has 1 N–H and O–H groups in total. The van der Waals surface area contributed by atoms with Gasteiger partial charge in [-0.1, -0.05) is 64.6 Å². The summed E-state index contributed by atoms with van der Waals surface area (Å²) in [5.41, 5.74) is 2.13. The molecule has 1 aromatic heterocycles. The van der Waals surface area contributed by atoms with Gasteiger partial charge in [0.25, 0.3) is 11.8 Å². The Labute approximate surface area is 193 Å². The Morgan fingerprint density at radius 1 is 0.900 bits per heavy atom. The third kappa shape index (κ3) is 3.12. The molecular formula is C21H18Cl4N3O2+. The maximum absolute atomic E-state index is 13.1. The van der Waals surface area contributed by atoms with Gasteiger partial charge in [0.1, 0.15) is 6.04 Å². The SMILES string of the molecule is Cn1cc([C@@H](CN2C(=O)c3c(Cl)c(Cl)c(Cl)c(Cl)c3C2=O)[NH+](C)C)c2ccccc21. The number of hydrogen-bond acceptors (Lipinski definition) is 2. The van der Waals surface area contributed by atoms with Crippen LogP contribution in [0.1, 0.15) is 32.3 Å². The monoisotopic (exact) mass is 484 g/mol. The number of carbonyl (C=O) groups is 2. The number of halogens is 4. The molecule has 0 saturated carbocycles. The normalized spacial score (nSPS) is 14.9. The van der Waals surface area contributed by atoms with E-state index in [1.54, 1.807) is 0 Å². The van der Waals surface area contributed by atoms with E-state index < -0.39 is 11.8 Å². The van der Waals surface area contributed by atoms with Crippen molar-refractivity contribution in [3.05, 3.63) is 67.2 Å². The number of aryl methyl sites for hydroxylation is 1. The first-order valence-corrected chi connectivity index (χ1v) is 10.7. The molecule has 0 bridgehead atoms. The van der Waals surface area contributed by atoms with E-state index in [0.717, 1.165) is 21.4 Å². The summed E-state index contributed by atoms with van der Waals surface area (Å²) in [7, 11) is 5.94. The number of rotatable bonds is 4. The maximum Gasteiger partial charge on any atom is 0.263 e. The first kappa shape index (κ1) is 21.5. The van der Waals surface area contributed by atoms with Crippen molar-refractivity contribution in [1.29, 1.82) is 0 Å². The van der Waals surface area contributed by atoms with Crippen LogP contribution in [0, 0.1) is 0 Å². The number of imide groups is 1. The molecule has 9 heteroatoms. The van der Waals surface area contributed by atoms with Gasteiger partial charge in [0.2, 0.25) is 0 Å². The van der Waals surface area contributed by atoms with Gasteiger partial charge in [-0.05, 0) is 6.07 Å². The molecule has 0 fully saturated rings. The van der Waals surface area contributed by atoms with Crippen LogP contribution in [0.15, 0.2) is 30.5 Å². The molecule has 2 aromatic carbocycles. The zero-order valence-corrected chi connectivity index (χ0v) is 19.4. The molecule has 1 aliphatic rings. The minimum atomic E-state index is -0.521. The van der Waals surface area contributed by atoms with E-state index in [1.165, 1.54) is 4.90 Å². The topological polar surface area (TPSA) is 46.8 Å². The average molecular weight is 486 g/mol. The lowest BCUT2D eigenvalue weighted by Crippen LogP contribution is -3.07. The van der Waals surface area contributed by atoms with Gasteiger partial charge >= 0.3 is 0 Å². The van der Waals surface area contributed by atoms with Gasteiger partial charge in [-0.15, -0.1) is 0 Å². The highest BCUT2D eigenvalue weighted by Crippen LogP contribution is 2.45. The fraction of sp³-hybridized carbons (Fsp3) is 0.238. The Morgan fingerprint density at radius 3 is 1.97 bits per heavy atom. The molecule has 0 spiro atoms. The highest BCUT2D eigenvalue weighted by Gasteiger charge is 2.43. The first-order valence-electron chi connectivity index (χ1n) is 9.21. The van der Waals surface area contributed by atoms with Crippen molar-refractivity contribution in [2.24, 2.45) is 7.05 Å². The van der Waals surface area contributed by atoms with Crippen molar-refractivity contribution in [2.75, 3.05) is 20.6 Å². The molecule has 2 amide bonds. The summed E-state index contributed by atoms with van der Waals surface area (Å²) in [6.45, 7) is 0.157. The van der Waals surface area contributed by atoms with Crippen LogP contribution < -0.4 is 4.90 Å². The third-order valence-corrected chi connectivity index (χ3v) is 7.35. The lowest BCUT2D eigenvalue weighted by atomic mass is 10.0. The van der Waals surface area contributed by atoms with E-state index in [9.17, 15) is 9.59 Å². The zero-order chi connectivity index (χ0) is 21.9. The number of fused-ring (bicyclic) bond motifs is 2. The largest absolute Gasteiger partial charge is 0.350 e. The van der Waals surface area contributed by atoms with Crippen molar-refractivity contribution in [3.63, 3.8) is 0 Å². The molecule has 0 saturated heterocycles. The second-order valence-electron chi connectivity index (χ2n) is 7.57. The number of amides is 2. The number of hydrogen-bond donors (Lipinski definition) is 1. The molecule has 30 heavy (non-hydrogen) atoms. The fourth-order valence-corrected chi connectivity index (χ4v) is 5.00.